The maximum absolute atomic E-state index is 4.12. The zero-order valence-corrected chi connectivity index (χ0v) is 8.39. The molecule has 0 atom stereocenters. The summed E-state index contributed by atoms with van der Waals surface area (Å²) in [5.41, 5.74) is 4.44. The molecule has 3 N–H and O–H groups in total. The Labute approximate surface area is 82.7 Å². The third-order valence-electron chi connectivity index (χ3n) is 2.26. The zero-order chi connectivity index (χ0) is 9.97. The number of nitrogens with zero attached hydrogens (tertiary/aromatic N) is 1. The van der Waals surface area contributed by atoms with Gasteiger partial charge in [-0.25, -0.2) is 0 Å². The van der Waals surface area contributed by atoms with E-state index in [0.717, 1.165) is 23.6 Å². The molecule has 0 radical (unpaired) electrons. The number of hydrogen-bond donors (Lipinski definition) is 3. The summed E-state index contributed by atoms with van der Waals surface area (Å²) in [6.45, 7) is 4.83. The largest absolute Gasteiger partial charge is 0.378 e. The summed E-state index contributed by atoms with van der Waals surface area (Å²) in [7, 11) is 0. The predicted molar refractivity (Wildman–Crippen MR) is 56.2 cm³/mol. The maximum atomic E-state index is 4.12. The van der Waals surface area contributed by atoms with Gasteiger partial charge in [-0.3, -0.25) is 5.10 Å². The Bertz CT molecular complexity index is 380. The van der Waals surface area contributed by atoms with Crippen molar-refractivity contribution in [3.05, 3.63) is 35.4 Å². The lowest BCUT2D eigenvalue weighted by Gasteiger charge is -2.04. The fraction of sp³-hybridized carbons (Fsp3) is 0.300. The summed E-state index contributed by atoms with van der Waals surface area (Å²) in [5.74, 6) is 0. The topological polar surface area (TPSA) is 56.5 Å². The number of aromatic nitrogens is 3. The van der Waals surface area contributed by atoms with Crippen LogP contribution in [0.4, 0.5) is 5.69 Å². The Balaban J connectivity index is 2.05. The van der Waals surface area contributed by atoms with E-state index in [1.165, 1.54) is 5.56 Å². The average molecular weight is 190 g/mol. The van der Waals surface area contributed by atoms with E-state index in [-0.39, 0.29) is 0 Å². The van der Waals surface area contributed by atoms with Gasteiger partial charge in [0, 0.05) is 18.9 Å². The molecule has 0 spiro atoms. The molecular weight excluding hydrogens is 176 g/mol. The van der Waals surface area contributed by atoms with Gasteiger partial charge in [0.1, 0.15) is 0 Å². The van der Waals surface area contributed by atoms with Crippen LogP contribution in [0.25, 0.3) is 0 Å². The number of hydrogen-bond acceptors (Lipinski definition) is 2. The van der Waals surface area contributed by atoms with E-state index < -0.39 is 0 Å². The lowest BCUT2D eigenvalue weighted by molar-refractivity contribution is 1.02. The molecule has 74 valence electrons. The number of rotatable bonds is 3. The molecule has 2 aromatic heterocycles. The van der Waals surface area contributed by atoms with Crippen LogP contribution in [0.3, 0.4) is 0 Å². The quantitative estimate of drug-likeness (QED) is 0.693. The molecule has 0 amide bonds. The van der Waals surface area contributed by atoms with Crippen LogP contribution in [0.5, 0.6) is 0 Å². The molecule has 0 saturated carbocycles. The summed E-state index contributed by atoms with van der Waals surface area (Å²) in [6, 6.07) is 2.05. The fourth-order valence-corrected chi connectivity index (χ4v) is 1.47. The standard InChI is InChI=1S/C10H14N4/c1-7-10(8(2)14-13-7)12-6-9-3-4-11-5-9/h3-5,11-12H,6H2,1-2H3,(H,13,14). The van der Waals surface area contributed by atoms with Gasteiger partial charge in [0.2, 0.25) is 0 Å². The van der Waals surface area contributed by atoms with Gasteiger partial charge in [-0.1, -0.05) is 0 Å². The van der Waals surface area contributed by atoms with Crippen molar-refractivity contribution in [3.63, 3.8) is 0 Å². The van der Waals surface area contributed by atoms with Crippen LogP contribution in [0.15, 0.2) is 18.5 Å². The molecule has 14 heavy (non-hydrogen) atoms. The van der Waals surface area contributed by atoms with Crippen molar-refractivity contribution >= 4 is 5.69 Å². The highest BCUT2D eigenvalue weighted by atomic mass is 15.1. The summed E-state index contributed by atoms with van der Waals surface area (Å²) >= 11 is 0. The third kappa shape index (κ3) is 1.64. The number of nitrogens with one attached hydrogen (secondary N) is 3. The van der Waals surface area contributed by atoms with Gasteiger partial charge < -0.3 is 10.3 Å². The molecule has 4 nitrogen and oxygen atoms in total. The first-order valence-corrected chi connectivity index (χ1v) is 4.64. The van der Waals surface area contributed by atoms with E-state index in [0.29, 0.717) is 0 Å². The average Bonchev–Trinajstić information content (AvgIpc) is 2.76. The smallest absolute Gasteiger partial charge is 0.0825 e. The minimum Gasteiger partial charge on any atom is -0.378 e. The van der Waals surface area contributed by atoms with E-state index in [9.17, 15) is 0 Å². The van der Waals surface area contributed by atoms with Gasteiger partial charge in [0.05, 0.1) is 17.1 Å². The summed E-state index contributed by atoms with van der Waals surface area (Å²) in [5, 5.41) is 10.4. The number of aromatic amines is 2. The van der Waals surface area contributed by atoms with Crippen LogP contribution in [-0.4, -0.2) is 15.2 Å². The normalized spacial score (nSPS) is 10.4. The lowest BCUT2D eigenvalue weighted by Crippen LogP contribution is -1.99. The van der Waals surface area contributed by atoms with Crippen molar-refractivity contribution < 1.29 is 0 Å². The molecule has 0 aliphatic carbocycles. The molecule has 4 heteroatoms. The minimum atomic E-state index is 0.824. The number of H-pyrrole nitrogens is 2. The van der Waals surface area contributed by atoms with Crippen LogP contribution in [0.2, 0.25) is 0 Å². The predicted octanol–water partition coefficient (Wildman–Crippen LogP) is 1.97. The van der Waals surface area contributed by atoms with Crippen molar-refractivity contribution in [1.82, 2.24) is 15.2 Å². The van der Waals surface area contributed by atoms with Crippen molar-refractivity contribution in [1.29, 1.82) is 0 Å². The zero-order valence-electron chi connectivity index (χ0n) is 8.39. The summed E-state index contributed by atoms with van der Waals surface area (Å²) < 4.78 is 0. The molecule has 2 aromatic rings. The van der Waals surface area contributed by atoms with Gasteiger partial charge in [0.15, 0.2) is 0 Å². The van der Waals surface area contributed by atoms with E-state index in [1.807, 2.05) is 26.2 Å². The summed E-state index contributed by atoms with van der Waals surface area (Å²) in [4.78, 5) is 3.03. The Morgan fingerprint density at radius 3 is 2.86 bits per heavy atom. The maximum Gasteiger partial charge on any atom is 0.0825 e. The highest BCUT2D eigenvalue weighted by molar-refractivity contribution is 5.51. The van der Waals surface area contributed by atoms with Crippen molar-refractivity contribution in [2.45, 2.75) is 20.4 Å². The molecule has 0 aliphatic rings. The first-order valence-electron chi connectivity index (χ1n) is 4.64. The summed E-state index contributed by atoms with van der Waals surface area (Å²) in [6.07, 6.45) is 3.91. The Morgan fingerprint density at radius 1 is 1.43 bits per heavy atom. The first kappa shape index (κ1) is 8.87. The molecular formula is C10H14N4. The second-order valence-electron chi connectivity index (χ2n) is 3.38. The molecule has 0 unspecified atom stereocenters. The molecule has 2 heterocycles. The first-order chi connectivity index (χ1) is 6.77. The Kier molecular flexibility index (Phi) is 2.26. The van der Waals surface area contributed by atoms with E-state index in [1.54, 1.807) is 0 Å². The van der Waals surface area contributed by atoms with Crippen LogP contribution in [-0.2, 0) is 6.54 Å². The highest BCUT2D eigenvalue weighted by Gasteiger charge is 2.04. The number of aryl methyl sites for hydroxylation is 2. The highest BCUT2D eigenvalue weighted by Crippen LogP contribution is 2.16. The van der Waals surface area contributed by atoms with Crippen LogP contribution < -0.4 is 5.32 Å². The number of anilines is 1. The van der Waals surface area contributed by atoms with E-state index in [2.05, 4.69) is 26.6 Å². The Hall–Kier alpha value is -1.71. The van der Waals surface area contributed by atoms with Crippen LogP contribution in [0, 0.1) is 13.8 Å². The van der Waals surface area contributed by atoms with Gasteiger partial charge >= 0.3 is 0 Å². The molecule has 0 aromatic carbocycles. The van der Waals surface area contributed by atoms with Gasteiger partial charge in [0.25, 0.3) is 0 Å². The van der Waals surface area contributed by atoms with Crippen LogP contribution in [0.1, 0.15) is 17.0 Å². The fourth-order valence-electron chi connectivity index (χ4n) is 1.47. The van der Waals surface area contributed by atoms with Crippen molar-refractivity contribution in [2.75, 3.05) is 5.32 Å². The molecule has 0 aliphatic heterocycles. The molecule has 0 fully saturated rings. The monoisotopic (exact) mass is 190 g/mol. The molecule has 2 rings (SSSR count). The Morgan fingerprint density at radius 2 is 2.29 bits per heavy atom. The van der Waals surface area contributed by atoms with Crippen molar-refractivity contribution in [2.24, 2.45) is 0 Å². The van der Waals surface area contributed by atoms with E-state index in [4.69, 9.17) is 0 Å². The SMILES string of the molecule is Cc1n[nH]c(C)c1NCc1cc[nH]c1. The second-order valence-corrected chi connectivity index (χ2v) is 3.38. The third-order valence-corrected chi connectivity index (χ3v) is 2.26. The van der Waals surface area contributed by atoms with Gasteiger partial charge in [-0.2, -0.15) is 5.10 Å². The molecule has 0 saturated heterocycles. The van der Waals surface area contributed by atoms with E-state index >= 15 is 0 Å². The minimum absolute atomic E-state index is 0.824. The van der Waals surface area contributed by atoms with Gasteiger partial charge in [-0.15, -0.1) is 0 Å². The molecule has 0 bridgehead atoms. The second kappa shape index (κ2) is 3.57. The van der Waals surface area contributed by atoms with Gasteiger partial charge in [-0.05, 0) is 25.5 Å². The van der Waals surface area contributed by atoms with Crippen molar-refractivity contribution in [3.8, 4) is 0 Å². The van der Waals surface area contributed by atoms with Crippen LogP contribution >= 0.6 is 0 Å². The lowest BCUT2D eigenvalue weighted by atomic mass is 10.3.